The number of nitrogens with zero attached hydrogens (tertiary/aromatic N) is 4. The predicted molar refractivity (Wildman–Crippen MR) is 99.5 cm³/mol. The molecule has 7 nitrogen and oxygen atoms in total. The molecule has 132 valence electrons. The van der Waals surface area contributed by atoms with Crippen LogP contribution in [0.25, 0.3) is 10.9 Å². The number of benzene rings is 1. The fourth-order valence-electron chi connectivity index (χ4n) is 3.01. The summed E-state index contributed by atoms with van der Waals surface area (Å²) in [4.78, 5) is 28.0. The molecular formula is C19H19N5O2. The Morgan fingerprint density at radius 3 is 2.81 bits per heavy atom. The summed E-state index contributed by atoms with van der Waals surface area (Å²) in [6, 6.07) is 11.3. The van der Waals surface area contributed by atoms with Gasteiger partial charge in [0.1, 0.15) is 17.3 Å². The van der Waals surface area contributed by atoms with Gasteiger partial charge in [-0.1, -0.05) is 18.2 Å². The molecule has 1 saturated heterocycles. The minimum Gasteiger partial charge on any atom is -0.378 e. The Bertz CT molecular complexity index is 948. The largest absolute Gasteiger partial charge is 0.378 e. The van der Waals surface area contributed by atoms with Crippen LogP contribution in [-0.4, -0.2) is 47.2 Å². The molecule has 1 N–H and O–H groups in total. The van der Waals surface area contributed by atoms with Crippen LogP contribution in [0.3, 0.4) is 0 Å². The molecule has 4 rings (SSSR count). The smallest absolute Gasteiger partial charge is 0.274 e. The van der Waals surface area contributed by atoms with E-state index in [1.807, 2.05) is 30.3 Å². The maximum absolute atomic E-state index is 12.8. The summed E-state index contributed by atoms with van der Waals surface area (Å²) in [7, 11) is 0. The van der Waals surface area contributed by atoms with Crippen LogP contribution < -0.4 is 10.2 Å². The van der Waals surface area contributed by atoms with Gasteiger partial charge in [-0.2, -0.15) is 0 Å². The molecule has 1 aliphatic rings. The number of amides is 1. The first kappa shape index (κ1) is 16.4. The normalized spacial score (nSPS) is 14.4. The van der Waals surface area contributed by atoms with Crippen LogP contribution in [0.4, 0.5) is 11.5 Å². The fourth-order valence-corrected chi connectivity index (χ4v) is 3.01. The van der Waals surface area contributed by atoms with E-state index in [9.17, 15) is 4.79 Å². The number of carbonyl (C=O) groups excluding carboxylic acids is 1. The van der Waals surface area contributed by atoms with Gasteiger partial charge in [-0.05, 0) is 19.1 Å². The van der Waals surface area contributed by atoms with Crippen molar-refractivity contribution in [3.8, 4) is 0 Å². The average Bonchev–Trinajstić information content (AvgIpc) is 2.68. The summed E-state index contributed by atoms with van der Waals surface area (Å²) in [5, 5.41) is 3.89. The summed E-state index contributed by atoms with van der Waals surface area (Å²) in [6.07, 6.45) is 1.71. The second-order valence-corrected chi connectivity index (χ2v) is 6.09. The summed E-state index contributed by atoms with van der Waals surface area (Å²) in [5.74, 6) is 1.04. The van der Waals surface area contributed by atoms with Gasteiger partial charge in [-0.15, -0.1) is 0 Å². The number of aryl methyl sites for hydroxylation is 1. The number of rotatable bonds is 3. The lowest BCUT2D eigenvalue weighted by Gasteiger charge is -2.28. The number of hydrogen-bond donors (Lipinski definition) is 1. The highest BCUT2D eigenvalue weighted by Crippen LogP contribution is 2.22. The van der Waals surface area contributed by atoms with E-state index in [0.717, 1.165) is 29.8 Å². The molecule has 1 fully saturated rings. The van der Waals surface area contributed by atoms with E-state index in [0.29, 0.717) is 30.4 Å². The van der Waals surface area contributed by atoms with Crippen molar-refractivity contribution < 1.29 is 9.53 Å². The van der Waals surface area contributed by atoms with E-state index in [4.69, 9.17) is 4.74 Å². The lowest BCUT2D eigenvalue weighted by Crippen LogP contribution is -2.37. The first-order valence-electron chi connectivity index (χ1n) is 8.54. The molecule has 0 radical (unpaired) electrons. The number of nitrogens with one attached hydrogen (secondary N) is 1. The molecule has 2 aromatic heterocycles. The standard InChI is InChI=1S/C19H19N5O2/c1-13-21-16(12-17(22-13)24-8-10-26-11-9-24)19(25)23-15-6-2-4-14-5-3-7-20-18(14)15/h2-7,12H,8-11H2,1H3,(H,23,25). The highest BCUT2D eigenvalue weighted by molar-refractivity contribution is 6.07. The minimum atomic E-state index is -0.275. The number of fused-ring (bicyclic) bond motifs is 1. The van der Waals surface area contributed by atoms with E-state index in [-0.39, 0.29) is 5.91 Å². The van der Waals surface area contributed by atoms with Crippen molar-refractivity contribution >= 4 is 28.3 Å². The van der Waals surface area contributed by atoms with Gasteiger partial charge in [0.25, 0.3) is 5.91 Å². The molecule has 0 spiro atoms. The molecular weight excluding hydrogens is 330 g/mol. The molecule has 0 aliphatic carbocycles. The Hall–Kier alpha value is -3.06. The van der Waals surface area contributed by atoms with Crippen molar-refractivity contribution in [3.05, 3.63) is 54.1 Å². The maximum Gasteiger partial charge on any atom is 0.274 e. The van der Waals surface area contributed by atoms with Crippen molar-refractivity contribution in [1.29, 1.82) is 0 Å². The number of para-hydroxylation sites is 1. The number of hydrogen-bond acceptors (Lipinski definition) is 6. The topological polar surface area (TPSA) is 80.2 Å². The highest BCUT2D eigenvalue weighted by Gasteiger charge is 2.17. The lowest BCUT2D eigenvalue weighted by molar-refractivity contribution is 0.102. The van der Waals surface area contributed by atoms with Gasteiger partial charge in [0.05, 0.1) is 24.4 Å². The van der Waals surface area contributed by atoms with E-state index in [1.165, 1.54) is 0 Å². The minimum absolute atomic E-state index is 0.275. The van der Waals surface area contributed by atoms with Crippen molar-refractivity contribution in [1.82, 2.24) is 15.0 Å². The molecule has 1 amide bonds. The van der Waals surface area contributed by atoms with Gasteiger partial charge < -0.3 is 15.0 Å². The van der Waals surface area contributed by atoms with Crippen LogP contribution in [0, 0.1) is 6.92 Å². The van der Waals surface area contributed by atoms with Crippen LogP contribution in [-0.2, 0) is 4.74 Å². The van der Waals surface area contributed by atoms with E-state index in [1.54, 1.807) is 19.2 Å². The number of pyridine rings is 1. The molecule has 3 heterocycles. The number of morpholine rings is 1. The van der Waals surface area contributed by atoms with Crippen molar-refractivity contribution in [3.63, 3.8) is 0 Å². The molecule has 7 heteroatoms. The average molecular weight is 349 g/mol. The Labute approximate surface area is 151 Å². The summed E-state index contributed by atoms with van der Waals surface area (Å²) < 4.78 is 5.38. The van der Waals surface area contributed by atoms with Gasteiger partial charge in [0.2, 0.25) is 0 Å². The quantitative estimate of drug-likeness (QED) is 0.782. The first-order valence-corrected chi connectivity index (χ1v) is 8.54. The molecule has 0 atom stereocenters. The van der Waals surface area contributed by atoms with Gasteiger partial charge in [-0.25, -0.2) is 9.97 Å². The third-order valence-corrected chi connectivity index (χ3v) is 4.27. The molecule has 1 aliphatic heterocycles. The van der Waals surface area contributed by atoms with E-state index < -0.39 is 0 Å². The van der Waals surface area contributed by atoms with Gasteiger partial charge in [-0.3, -0.25) is 9.78 Å². The van der Waals surface area contributed by atoms with Crippen LogP contribution in [0.2, 0.25) is 0 Å². The Morgan fingerprint density at radius 2 is 1.96 bits per heavy atom. The van der Waals surface area contributed by atoms with Crippen LogP contribution in [0.1, 0.15) is 16.3 Å². The van der Waals surface area contributed by atoms with E-state index >= 15 is 0 Å². The van der Waals surface area contributed by atoms with Gasteiger partial charge in [0.15, 0.2) is 0 Å². The monoisotopic (exact) mass is 349 g/mol. The Morgan fingerprint density at radius 1 is 1.15 bits per heavy atom. The zero-order chi connectivity index (χ0) is 17.9. The highest BCUT2D eigenvalue weighted by atomic mass is 16.5. The molecule has 3 aromatic rings. The summed E-state index contributed by atoms with van der Waals surface area (Å²) >= 11 is 0. The molecule has 26 heavy (non-hydrogen) atoms. The van der Waals surface area contributed by atoms with Crippen molar-refractivity contribution in [2.45, 2.75) is 6.92 Å². The summed E-state index contributed by atoms with van der Waals surface area (Å²) in [6.45, 7) is 4.62. The lowest BCUT2D eigenvalue weighted by atomic mass is 10.2. The second-order valence-electron chi connectivity index (χ2n) is 6.09. The van der Waals surface area contributed by atoms with Crippen LogP contribution in [0.5, 0.6) is 0 Å². The van der Waals surface area contributed by atoms with E-state index in [2.05, 4.69) is 25.2 Å². The predicted octanol–water partition coefficient (Wildman–Crippen LogP) is 2.42. The third kappa shape index (κ3) is 3.34. The Kier molecular flexibility index (Phi) is 4.45. The number of aromatic nitrogens is 3. The van der Waals surface area contributed by atoms with Gasteiger partial charge >= 0.3 is 0 Å². The molecule has 1 aromatic carbocycles. The maximum atomic E-state index is 12.8. The van der Waals surface area contributed by atoms with Gasteiger partial charge in [0, 0.05) is 30.7 Å². The fraction of sp³-hybridized carbons (Fsp3) is 0.263. The van der Waals surface area contributed by atoms with Crippen LogP contribution in [0.15, 0.2) is 42.6 Å². The zero-order valence-electron chi connectivity index (χ0n) is 14.5. The molecule has 0 bridgehead atoms. The first-order chi connectivity index (χ1) is 12.7. The molecule has 0 unspecified atom stereocenters. The van der Waals surface area contributed by atoms with Crippen molar-refractivity contribution in [2.24, 2.45) is 0 Å². The van der Waals surface area contributed by atoms with Crippen molar-refractivity contribution in [2.75, 3.05) is 36.5 Å². The second kappa shape index (κ2) is 7.05. The Balaban J connectivity index is 1.62. The summed E-state index contributed by atoms with van der Waals surface area (Å²) in [5.41, 5.74) is 1.76. The third-order valence-electron chi connectivity index (χ3n) is 4.27. The number of carbonyl (C=O) groups is 1. The number of anilines is 2. The molecule has 0 saturated carbocycles. The zero-order valence-corrected chi connectivity index (χ0v) is 14.5. The number of ether oxygens (including phenoxy) is 1. The van der Waals surface area contributed by atoms with Crippen LogP contribution >= 0.6 is 0 Å². The SMILES string of the molecule is Cc1nc(C(=O)Nc2cccc3cccnc23)cc(N2CCOCC2)n1.